The van der Waals surface area contributed by atoms with E-state index in [1.54, 1.807) is 0 Å². The van der Waals surface area contributed by atoms with E-state index in [4.69, 9.17) is 30.0 Å². The Hall–Kier alpha value is -0.504. The van der Waals surface area contributed by atoms with Crippen molar-refractivity contribution in [2.24, 2.45) is 0 Å². The molecule has 0 saturated heterocycles. The Morgan fingerprint density at radius 1 is 1.00 bits per heavy atom. The van der Waals surface area contributed by atoms with Crippen LogP contribution < -0.4 is 10.2 Å². The van der Waals surface area contributed by atoms with E-state index in [0.717, 1.165) is 0 Å². The van der Waals surface area contributed by atoms with Gasteiger partial charge < -0.3 is 30.0 Å². The summed E-state index contributed by atoms with van der Waals surface area (Å²) in [5.74, 6) is -2.88. The molecule has 0 amide bonds. The van der Waals surface area contributed by atoms with Crippen LogP contribution in [0, 0.1) is 0 Å². The first-order chi connectivity index (χ1) is 4.54. The number of aliphatic hydroxyl groups excluding tert-OH is 2. The van der Waals surface area contributed by atoms with Gasteiger partial charge in [0.1, 0.15) is 0 Å². The van der Waals surface area contributed by atoms with Crippen molar-refractivity contribution >= 4 is 11.9 Å². The maximum absolute atomic E-state index is 9.01. The van der Waals surface area contributed by atoms with Gasteiger partial charge in [-0.2, -0.15) is 0 Å². The number of rotatable bonds is 2. The summed E-state index contributed by atoms with van der Waals surface area (Å²) in [4.78, 5) is 18.0. The molecule has 0 unspecified atom stereocenters. The SMILES string of the molecule is O=C([O-])CO.O=C([O-])CO.[Os+6]. The second-order valence-electron chi connectivity index (χ2n) is 1.06. The van der Waals surface area contributed by atoms with Crippen LogP contribution in [0.25, 0.3) is 0 Å². The summed E-state index contributed by atoms with van der Waals surface area (Å²) in [7, 11) is 0. The van der Waals surface area contributed by atoms with Crippen molar-refractivity contribution in [1.29, 1.82) is 0 Å². The number of carboxylic acid groups (broad SMARTS) is 2. The molecule has 0 fully saturated rings. The van der Waals surface area contributed by atoms with Gasteiger partial charge in [-0.05, 0) is 0 Å². The fraction of sp³-hybridized carbons (Fsp3) is 0.500. The van der Waals surface area contributed by atoms with Gasteiger partial charge in [0.25, 0.3) is 0 Å². The molecule has 2 N–H and O–H groups in total. The van der Waals surface area contributed by atoms with E-state index in [2.05, 4.69) is 0 Å². The van der Waals surface area contributed by atoms with Crippen molar-refractivity contribution in [3.63, 3.8) is 0 Å². The van der Waals surface area contributed by atoms with Crippen LogP contribution in [0.3, 0.4) is 0 Å². The maximum atomic E-state index is 9.01. The van der Waals surface area contributed by atoms with E-state index in [9.17, 15) is 0 Å². The number of hydrogen-bond acceptors (Lipinski definition) is 6. The predicted octanol–water partition coefficient (Wildman–Crippen LogP) is -4.55. The second kappa shape index (κ2) is 12.2. The molecule has 62 valence electrons. The summed E-state index contributed by atoms with van der Waals surface area (Å²) in [5, 5.41) is 33.0. The monoisotopic (exact) mass is 342 g/mol. The summed E-state index contributed by atoms with van der Waals surface area (Å²) in [6.07, 6.45) is 0. The van der Waals surface area contributed by atoms with E-state index in [-0.39, 0.29) is 19.8 Å². The molecule has 0 aromatic carbocycles. The third-order valence-electron chi connectivity index (χ3n) is 0.258. The van der Waals surface area contributed by atoms with Gasteiger partial charge in [-0.3, -0.25) is 0 Å². The molecule has 11 heavy (non-hydrogen) atoms. The summed E-state index contributed by atoms with van der Waals surface area (Å²) in [6.45, 7) is -1.78. The minimum Gasteiger partial charge on any atom is -0.548 e. The Bertz CT molecular complexity index is 99.1. The van der Waals surface area contributed by atoms with E-state index >= 15 is 0 Å². The van der Waals surface area contributed by atoms with E-state index < -0.39 is 25.2 Å². The normalized spacial score (nSPS) is 6.73. The summed E-state index contributed by atoms with van der Waals surface area (Å²) < 4.78 is 0. The zero-order valence-electron chi connectivity index (χ0n) is 5.30. The Morgan fingerprint density at radius 2 is 1.09 bits per heavy atom. The third kappa shape index (κ3) is 43.7. The number of carbonyl (C=O) groups is 2. The fourth-order valence-electron chi connectivity index (χ4n) is 0. The van der Waals surface area contributed by atoms with E-state index in [0.29, 0.717) is 0 Å². The molecule has 0 aliphatic heterocycles. The minimum atomic E-state index is -1.44. The van der Waals surface area contributed by atoms with Crippen LogP contribution in [0.5, 0.6) is 0 Å². The first-order valence-corrected chi connectivity index (χ1v) is 2.16. The van der Waals surface area contributed by atoms with Crippen molar-refractivity contribution in [2.75, 3.05) is 13.2 Å². The molecule has 0 aromatic heterocycles. The van der Waals surface area contributed by atoms with Crippen molar-refractivity contribution in [1.82, 2.24) is 0 Å². The molecule has 0 rings (SSSR count). The molecule has 0 bridgehead atoms. The van der Waals surface area contributed by atoms with E-state index in [1.807, 2.05) is 0 Å². The number of aliphatic carboxylic acids is 2. The van der Waals surface area contributed by atoms with Gasteiger partial charge >= 0.3 is 19.8 Å². The van der Waals surface area contributed by atoms with Gasteiger partial charge in [0.2, 0.25) is 0 Å². The second-order valence-corrected chi connectivity index (χ2v) is 1.06. The number of carbonyl (C=O) groups excluding carboxylic acids is 2. The molecule has 0 heterocycles. The Balaban J connectivity index is -0.000000107. The van der Waals surface area contributed by atoms with Gasteiger partial charge in [-0.15, -0.1) is 0 Å². The van der Waals surface area contributed by atoms with Crippen molar-refractivity contribution < 1.29 is 49.8 Å². The molecule has 0 aliphatic carbocycles. The maximum Gasteiger partial charge on any atom is 6.00 e. The van der Waals surface area contributed by atoms with Gasteiger partial charge in [0.15, 0.2) is 0 Å². The van der Waals surface area contributed by atoms with Crippen molar-refractivity contribution in [3.8, 4) is 0 Å². The molecule has 6 nitrogen and oxygen atoms in total. The van der Waals surface area contributed by atoms with Gasteiger partial charge in [0.05, 0.1) is 25.2 Å². The number of carboxylic acids is 2. The Kier molecular flexibility index (Phi) is 18.7. The molecular formula is C4H6O6Os+4. The van der Waals surface area contributed by atoms with Crippen LogP contribution in [-0.4, -0.2) is 35.4 Å². The molecule has 7 heteroatoms. The van der Waals surface area contributed by atoms with Crippen molar-refractivity contribution in [2.45, 2.75) is 0 Å². The summed E-state index contributed by atoms with van der Waals surface area (Å²) >= 11 is 0. The molecule has 0 radical (unpaired) electrons. The number of aliphatic hydroxyl groups is 2. The standard InChI is InChI=1S/2C2H4O3.Os/c2*3-1-2(4)5;/h2*3H,1H2,(H,4,5);/q;;+6/p-2. The van der Waals surface area contributed by atoms with Gasteiger partial charge in [0, 0.05) is 0 Å². The zero-order chi connectivity index (χ0) is 8.57. The third-order valence-corrected chi connectivity index (χ3v) is 0.258. The molecule has 0 spiro atoms. The average Bonchev–Trinajstić information content (AvgIpc) is 1.89. The molecule has 0 aliphatic rings. The predicted molar refractivity (Wildman–Crippen MR) is 24.2 cm³/mol. The quantitative estimate of drug-likeness (QED) is 0.522. The summed E-state index contributed by atoms with van der Waals surface area (Å²) in [5.41, 5.74) is 0. The first kappa shape index (κ1) is 16.8. The molecule has 0 aromatic rings. The van der Waals surface area contributed by atoms with Crippen LogP contribution in [0.1, 0.15) is 0 Å². The smallest absolute Gasteiger partial charge is 0.548 e. The number of hydrogen-bond donors (Lipinski definition) is 2. The fourth-order valence-corrected chi connectivity index (χ4v) is 0. The van der Waals surface area contributed by atoms with Crippen LogP contribution in [0.2, 0.25) is 0 Å². The van der Waals surface area contributed by atoms with E-state index in [1.165, 1.54) is 0 Å². The molecule has 0 saturated carbocycles. The van der Waals surface area contributed by atoms with Crippen LogP contribution in [0.15, 0.2) is 0 Å². The van der Waals surface area contributed by atoms with Gasteiger partial charge in [-0.1, -0.05) is 0 Å². The van der Waals surface area contributed by atoms with Crippen LogP contribution in [-0.2, 0) is 29.4 Å². The molecule has 0 atom stereocenters. The van der Waals surface area contributed by atoms with Crippen LogP contribution in [0.4, 0.5) is 0 Å². The Labute approximate surface area is 75.5 Å². The van der Waals surface area contributed by atoms with Gasteiger partial charge in [-0.25, -0.2) is 0 Å². The zero-order valence-corrected chi connectivity index (χ0v) is 7.84. The molecular weight excluding hydrogens is 334 g/mol. The van der Waals surface area contributed by atoms with Crippen molar-refractivity contribution in [3.05, 3.63) is 0 Å². The minimum absolute atomic E-state index is 0. The average molecular weight is 340 g/mol. The Morgan fingerprint density at radius 3 is 1.09 bits per heavy atom. The first-order valence-electron chi connectivity index (χ1n) is 2.16. The summed E-state index contributed by atoms with van der Waals surface area (Å²) in [6, 6.07) is 0. The van der Waals surface area contributed by atoms with Crippen LogP contribution >= 0.6 is 0 Å². The topological polar surface area (TPSA) is 121 Å². The largest absolute Gasteiger partial charge is 6.00 e.